The van der Waals surface area contributed by atoms with Gasteiger partial charge >= 0.3 is 0 Å². The number of nitrogens with zero attached hydrogens (tertiary/aromatic N) is 1. The summed E-state index contributed by atoms with van der Waals surface area (Å²) in [6, 6.07) is 10.2. The highest BCUT2D eigenvalue weighted by Crippen LogP contribution is 2.11. The van der Waals surface area contributed by atoms with E-state index in [9.17, 15) is 9.59 Å². The molecule has 0 atom stereocenters. The second kappa shape index (κ2) is 10.1. The Bertz CT molecular complexity index is 691. The van der Waals surface area contributed by atoms with Gasteiger partial charge in [0.25, 0.3) is 5.91 Å². The van der Waals surface area contributed by atoms with Crippen LogP contribution in [0.5, 0.6) is 0 Å². The van der Waals surface area contributed by atoms with Crippen LogP contribution in [0.3, 0.4) is 0 Å². The molecular weight excluding hydrogens is 318 g/mol. The van der Waals surface area contributed by atoms with Gasteiger partial charge in [0.1, 0.15) is 5.76 Å². The number of benzene rings is 1. The summed E-state index contributed by atoms with van der Waals surface area (Å²) >= 11 is 0. The number of hydrazone groups is 1. The molecule has 0 unspecified atom stereocenters. The van der Waals surface area contributed by atoms with E-state index in [4.69, 9.17) is 4.42 Å². The molecule has 0 saturated carbocycles. The summed E-state index contributed by atoms with van der Waals surface area (Å²) in [5, 5.41) is 6.66. The Balaban J connectivity index is 1.78. The van der Waals surface area contributed by atoms with Gasteiger partial charge in [-0.3, -0.25) is 9.59 Å². The smallest absolute Gasteiger partial charge is 0.271 e. The number of unbranched alkanes of at least 4 members (excludes halogenated alkanes) is 3. The maximum Gasteiger partial charge on any atom is 0.271 e. The van der Waals surface area contributed by atoms with E-state index < -0.39 is 0 Å². The molecule has 0 aliphatic carbocycles. The summed E-state index contributed by atoms with van der Waals surface area (Å²) in [4.78, 5) is 23.8. The topological polar surface area (TPSA) is 83.7 Å². The fourth-order valence-electron chi connectivity index (χ4n) is 2.22. The van der Waals surface area contributed by atoms with Crippen LogP contribution < -0.4 is 10.7 Å². The van der Waals surface area contributed by atoms with Crippen LogP contribution >= 0.6 is 0 Å². The summed E-state index contributed by atoms with van der Waals surface area (Å²) in [7, 11) is 0. The molecule has 2 aromatic rings. The molecule has 1 aromatic heterocycles. The number of carbonyl (C=O) groups excluding carboxylic acids is 2. The van der Waals surface area contributed by atoms with Gasteiger partial charge in [-0.15, -0.1) is 0 Å². The second-order valence-electron chi connectivity index (χ2n) is 5.65. The van der Waals surface area contributed by atoms with Gasteiger partial charge in [0.05, 0.1) is 12.5 Å². The number of rotatable bonds is 9. The Hall–Kier alpha value is -2.89. The van der Waals surface area contributed by atoms with E-state index in [1.807, 2.05) is 0 Å². The van der Waals surface area contributed by atoms with Crippen molar-refractivity contribution >= 4 is 23.7 Å². The number of amides is 2. The zero-order chi connectivity index (χ0) is 17.9. The molecule has 6 nitrogen and oxygen atoms in total. The molecule has 0 spiro atoms. The first-order chi connectivity index (χ1) is 12.2. The van der Waals surface area contributed by atoms with Gasteiger partial charge in [-0.1, -0.05) is 26.2 Å². The van der Waals surface area contributed by atoms with Gasteiger partial charge in [-0.2, -0.15) is 5.10 Å². The first-order valence-corrected chi connectivity index (χ1v) is 8.46. The summed E-state index contributed by atoms with van der Waals surface area (Å²) in [5.74, 6) is 0.217. The summed E-state index contributed by atoms with van der Waals surface area (Å²) < 4.78 is 5.07. The molecule has 0 aliphatic heterocycles. The molecular formula is C19H23N3O3. The van der Waals surface area contributed by atoms with E-state index >= 15 is 0 Å². The van der Waals surface area contributed by atoms with Crippen molar-refractivity contribution in [1.82, 2.24) is 5.43 Å². The van der Waals surface area contributed by atoms with Crippen LogP contribution in [0.15, 0.2) is 52.2 Å². The zero-order valence-corrected chi connectivity index (χ0v) is 14.3. The molecule has 0 radical (unpaired) electrons. The van der Waals surface area contributed by atoms with Crippen molar-refractivity contribution in [2.24, 2.45) is 5.10 Å². The Labute approximate surface area is 147 Å². The van der Waals surface area contributed by atoms with Gasteiger partial charge in [0.2, 0.25) is 5.91 Å². The third kappa shape index (κ3) is 6.63. The first kappa shape index (κ1) is 18.4. The monoisotopic (exact) mass is 341 g/mol. The molecule has 2 rings (SSSR count). The molecule has 2 N–H and O–H groups in total. The van der Waals surface area contributed by atoms with Gasteiger partial charge in [0, 0.05) is 17.7 Å². The molecule has 1 heterocycles. The van der Waals surface area contributed by atoms with Gasteiger partial charge < -0.3 is 9.73 Å². The molecule has 0 fully saturated rings. The predicted molar refractivity (Wildman–Crippen MR) is 97.6 cm³/mol. The average Bonchev–Trinajstić information content (AvgIpc) is 3.13. The highest BCUT2D eigenvalue weighted by molar-refractivity contribution is 5.96. The van der Waals surface area contributed by atoms with Crippen LogP contribution in [0.4, 0.5) is 5.69 Å². The third-order valence-corrected chi connectivity index (χ3v) is 3.59. The molecule has 0 saturated heterocycles. The molecule has 2 amide bonds. The lowest BCUT2D eigenvalue weighted by Crippen LogP contribution is -2.17. The Morgan fingerprint density at radius 2 is 1.92 bits per heavy atom. The van der Waals surface area contributed by atoms with Crippen molar-refractivity contribution in [1.29, 1.82) is 0 Å². The largest absolute Gasteiger partial charge is 0.463 e. The fraction of sp³-hybridized carbons (Fsp3) is 0.316. The SMILES string of the molecule is CCCCCCC(=O)Nc1ccc(C(=O)NN=Cc2ccco2)cc1. The van der Waals surface area contributed by atoms with Crippen molar-refractivity contribution in [2.75, 3.05) is 5.32 Å². The Morgan fingerprint density at radius 3 is 2.60 bits per heavy atom. The third-order valence-electron chi connectivity index (χ3n) is 3.59. The van der Waals surface area contributed by atoms with E-state index in [2.05, 4.69) is 22.8 Å². The molecule has 25 heavy (non-hydrogen) atoms. The summed E-state index contributed by atoms with van der Waals surface area (Å²) in [6.07, 6.45) is 7.74. The minimum atomic E-state index is -0.333. The molecule has 132 valence electrons. The maximum atomic E-state index is 12.0. The number of hydrogen-bond acceptors (Lipinski definition) is 4. The number of furan rings is 1. The van der Waals surface area contributed by atoms with Gasteiger partial charge in [-0.25, -0.2) is 5.43 Å². The number of carbonyl (C=O) groups is 2. The molecule has 0 bridgehead atoms. The minimum Gasteiger partial charge on any atom is -0.463 e. The van der Waals surface area contributed by atoms with Crippen molar-refractivity contribution < 1.29 is 14.0 Å². The van der Waals surface area contributed by atoms with Crippen molar-refractivity contribution in [3.05, 3.63) is 54.0 Å². The lowest BCUT2D eigenvalue weighted by Gasteiger charge is -2.06. The lowest BCUT2D eigenvalue weighted by atomic mass is 10.1. The number of anilines is 1. The van der Waals surface area contributed by atoms with Crippen molar-refractivity contribution in [3.63, 3.8) is 0 Å². The molecule has 0 aliphatic rings. The van der Waals surface area contributed by atoms with Crippen molar-refractivity contribution in [3.8, 4) is 0 Å². The maximum absolute atomic E-state index is 12.0. The zero-order valence-electron chi connectivity index (χ0n) is 14.3. The highest BCUT2D eigenvalue weighted by atomic mass is 16.3. The number of hydrogen-bond donors (Lipinski definition) is 2. The molecule has 1 aromatic carbocycles. The van der Waals surface area contributed by atoms with E-state index in [-0.39, 0.29) is 11.8 Å². The summed E-state index contributed by atoms with van der Waals surface area (Å²) in [5.41, 5.74) is 3.55. The highest BCUT2D eigenvalue weighted by Gasteiger charge is 2.06. The predicted octanol–water partition coefficient (Wildman–Crippen LogP) is 3.95. The van der Waals surface area contributed by atoms with Crippen LogP contribution in [0.25, 0.3) is 0 Å². The van der Waals surface area contributed by atoms with Crippen LogP contribution in [-0.4, -0.2) is 18.0 Å². The fourth-order valence-corrected chi connectivity index (χ4v) is 2.22. The van der Waals surface area contributed by atoms with Crippen LogP contribution in [-0.2, 0) is 4.79 Å². The lowest BCUT2D eigenvalue weighted by molar-refractivity contribution is -0.116. The van der Waals surface area contributed by atoms with Crippen LogP contribution in [0.2, 0.25) is 0 Å². The van der Waals surface area contributed by atoms with Crippen LogP contribution in [0.1, 0.15) is 55.1 Å². The van der Waals surface area contributed by atoms with E-state index in [0.29, 0.717) is 23.4 Å². The van der Waals surface area contributed by atoms with Gasteiger partial charge in [-0.05, 0) is 42.8 Å². The van der Waals surface area contributed by atoms with E-state index in [0.717, 1.165) is 25.7 Å². The minimum absolute atomic E-state index is 0.00338. The van der Waals surface area contributed by atoms with E-state index in [1.165, 1.54) is 12.5 Å². The average molecular weight is 341 g/mol. The Kier molecular flexibility index (Phi) is 7.43. The van der Waals surface area contributed by atoms with E-state index in [1.54, 1.807) is 36.4 Å². The standard InChI is InChI=1S/C19H23N3O3/c1-2-3-4-5-8-18(23)21-16-11-9-15(10-12-16)19(24)22-20-14-17-7-6-13-25-17/h6-7,9-14H,2-5,8H2,1H3,(H,21,23)(H,22,24). The van der Waals surface area contributed by atoms with Crippen molar-refractivity contribution in [2.45, 2.75) is 39.0 Å². The summed E-state index contributed by atoms with van der Waals surface area (Å²) in [6.45, 7) is 2.14. The quantitative estimate of drug-likeness (QED) is 0.411. The second-order valence-corrected chi connectivity index (χ2v) is 5.65. The number of nitrogens with one attached hydrogen (secondary N) is 2. The first-order valence-electron chi connectivity index (χ1n) is 8.46. The van der Waals surface area contributed by atoms with Crippen LogP contribution in [0, 0.1) is 0 Å². The normalized spacial score (nSPS) is 10.8. The molecule has 6 heteroatoms. The Morgan fingerprint density at radius 1 is 1.12 bits per heavy atom. The van der Waals surface area contributed by atoms with Gasteiger partial charge in [0.15, 0.2) is 0 Å².